The fourth-order valence-electron chi connectivity index (χ4n) is 2.10. The van der Waals surface area contributed by atoms with E-state index >= 15 is 0 Å². The summed E-state index contributed by atoms with van der Waals surface area (Å²) >= 11 is 0. The van der Waals surface area contributed by atoms with Gasteiger partial charge in [-0.25, -0.2) is 0 Å². The maximum Gasteiger partial charge on any atom is 0.312 e. The minimum absolute atomic E-state index is 0.0992. The minimum atomic E-state index is -0.632. The molecule has 1 aromatic carbocycles. The van der Waals surface area contributed by atoms with E-state index in [4.69, 9.17) is 14.2 Å². The number of methoxy groups -OCH3 is 1. The summed E-state index contributed by atoms with van der Waals surface area (Å²) in [6, 6.07) is 7.29. The van der Waals surface area contributed by atoms with Crippen LogP contribution >= 0.6 is 0 Å². The Morgan fingerprint density at radius 1 is 1.14 bits per heavy atom. The molecule has 1 saturated carbocycles. The molecule has 0 aliphatic heterocycles. The Labute approximate surface area is 124 Å². The number of esters is 2. The summed E-state index contributed by atoms with van der Waals surface area (Å²) in [4.78, 5) is 23.6. The van der Waals surface area contributed by atoms with E-state index in [-0.39, 0.29) is 25.0 Å². The average Bonchev–Trinajstić information content (AvgIpc) is 3.27. The van der Waals surface area contributed by atoms with Gasteiger partial charge in [0.05, 0.1) is 25.6 Å². The zero-order valence-electron chi connectivity index (χ0n) is 12.4. The van der Waals surface area contributed by atoms with Gasteiger partial charge >= 0.3 is 11.9 Å². The molecule has 21 heavy (non-hydrogen) atoms. The predicted molar refractivity (Wildman–Crippen MR) is 75.7 cm³/mol. The highest BCUT2D eigenvalue weighted by Crippen LogP contribution is 2.50. The Morgan fingerprint density at radius 3 is 2.33 bits per heavy atom. The standard InChI is InChI=1S/C16H20O5/c1-3-20-15(18)16(8-9-16)10-14(17)21-11-12-4-6-13(19-2)7-5-12/h4-7H,3,8-11H2,1-2H3. The van der Waals surface area contributed by atoms with Gasteiger partial charge in [0.25, 0.3) is 0 Å². The monoisotopic (exact) mass is 292 g/mol. The Kier molecular flexibility index (Phi) is 4.83. The largest absolute Gasteiger partial charge is 0.497 e. The van der Waals surface area contributed by atoms with Gasteiger partial charge in [0.2, 0.25) is 0 Å². The lowest BCUT2D eigenvalue weighted by atomic mass is 10.0. The van der Waals surface area contributed by atoms with Crippen molar-refractivity contribution in [3.8, 4) is 5.75 Å². The third-order valence-electron chi connectivity index (χ3n) is 3.60. The van der Waals surface area contributed by atoms with Gasteiger partial charge in [0.1, 0.15) is 12.4 Å². The first-order valence-corrected chi connectivity index (χ1v) is 7.05. The van der Waals surface area contributed by atoms with Gasteiger partial charge in [0.15, 0.2) is 0 Å². The van der Waals surface area contributed by atoms with Crippen LogP contribution in [-0.2, 0) is 25.7 Å². The molecule has 1 aliphatic rings. The molecule has 0 amide bonds. The third kappa shape index (κ3) is 3.97. The lowest BCUT2D eigenvalue weighted by molar-refractivity contribution is -0.157. The van der Waals surface area contributed by atoms with E-state index in [1.165, 1.54) is 0 Å². The summed E-state index contributed by atoms with van der Waals surface area (Å²) in [6.07, 6.45) is 1.49. The Hall–Kier alpha value is -2.04. The minimum Gasteiger partial charge on any atom is -0.497 e. The first-order valence-electron chi connectivity index (χ1n) is 7.05. The van der Waals surface area contributed by atoms with Gasteiger partial charge in [-0.05, 0) is 37.5 Å². The normalized spacial score (nSPS) is 15.1. The van der Waals surface area contributed by atoms with Gasteiger partial charge in [-0.1, -0.05) is 12.1 Å². The van der Waals surface area contributed by atoms with Crippen LogP contribution in [0.4, 0.5) is 0 Å². The first kappa shape index (κ1) is 15.4. The van der Waals surface area contributed by atoms with Crippen LogP contribution in [0, 0.1) is 5.41 Å². The van der Waals surface area contributed by atoms with Crippen molar-refractivity contribution in [3.63, 3.8) is 0 Å². The summed E-state index contributed by atoms with van der Waals surface area (Å²) in [5, 5.41) is 0. The van der Waals surface area contributed by atoms with E-state index in [9.17, 15) is 9.59 Å². The van der Waals surface area contributed by atoms with E-state index in [0.717, 1.165) is 11.3 Å². The summed E-state index contributed by atoms with van der Waals surface area (Å²) in [6.45, 7) is 2.29. The molecule has 5 heteroatoms. The van der Waals surface area contributed by atoms with Crippen LogP contribution in [0.5, 0.6) is 5.75 Å². The predicted octanol–water partition coefficient (Wildman–Crippen LogP) is 2.47. The van der Waals surface area contributed by atoms with Crippen molar-refractivity contribution in [2.75, 3.05) is 13.7 Å². The van der Waals surface area contributed by atoms with Gasteiger partial charge in [-0.15, -0.1) is 0 Å². The second kappa shape index (κ2) is 6.61. The summed E-state index contributed by atoms with van der Waals surface area (Å²) in [5.41, 5.74) is 0.248. The molecular formula is C16H20O5. The van der Waals surface area contributed by atoms with E-state index in [0.29, 0.717) is 19.4 Å². The molecule has 0 bridgehead atoms. The molecular weight excluding hydrogens is 272 g/mol. The molecule has 2 rings (SSSR count). The van der Waals surface area contributed by atoms with Crippen molar-refractivity contribution in [1.29, 1.82) is 0 Å². The van der Waals surface area contributed by atoms with Gasteiger partial charge in [0, 0.05) is 0 Å². The second-order valence-electron chi connectivity index (χ2n) is 5.19. The van der Waals surface area contributed by atoms with Crippen molar-refractivity contribution in [2.24, 2.45) is 5.41 Å². The van der Waals surface area contributed by atoms with Gasteiger partial charge in [-0.2, -0.15) is 0 Å². The zero-order chi connectivity index (χ0) is 15.3. The number of hydrogen-bond donors (Lipinski definition) is 0. The van der Waals surface area contributed by atoms with Crippen LogP contribution in [0.1, 0.15) is 31.7 Å². The fraction of sp³-hybridized carbons (Fsp3) is 0.500. The number of ether oxygens (including phenoxy) is 3. The number of benzene rings is 1. The van der Waals surface area contributed by atoms with Crippen molar-refractivity contribution >= 4 is 11.9 Å². The molecule has 114 valence electrons. The SMILES string of the molecule is CCOC(=O)C1(CC(=O)OCc2ccc(OC)cc2)CC1. The molecule has 0 unspecified atom stereocenters. The van der Waals surface area contributed by atoms with Crippen LogP contribution < -0.4 is 4.74 Å². The molecule has 0 atom stereocenters. The Bertz CT molecular complexity index is 502. The lowest BCUT2D eigenvalue weighted by Crippen LogP contribution is -2.23. The highest BCUT2D eigenvalue weighted by Gasteiger charge is 2.53. The Morgan fingerprint density at radius 2 is 1.81 bits per heavy atom. The molecule has 1 aliphatic carbocycles. The molecule has 0 N–H and O–H groups in total. The zero-order valence-corrected chi connectivity index (χ0v) is 12.4. The van der Waals surface area contributed by atoms with E-state index in [1.54, 1.807) is 14.0 Å². The summed E-state index contributed by atoms with van der Waals surface area (Å²) in [7, 11) is 1.60. The molecule has 0 saturated heterocycles. The lowest BCUT2D eigenvalue weighted by Gasteiger charge is -2.13. The second-order valence-corrected chi connectivity index (χ2v) is 5.19. The first-order chi connectivity index (χ1) is 10.1. The molecule has 0 radical (unpaired) electrons. The van der Waals surface area contributed by atoms with Crippen molar-refractivity contribution in [2.45, 2.75) is 32.8 Å². The maximum absolute atomic E-state index is 11.8. The molecule has 0 heterocycles. The maximum atomic E-state index is 11.8. The smallest absolute Gasteiger partial charge is 0.312 e. The van der Waals surface area contributed by atoms with E-state index < -0.39 is 5.41 Å². The molecule has 0 aromatic heterocycles. The number of rotatable bonds is 7. The van der Waals surface area contributed by atoms with Crippen LogP contribution in [0.25, 0.3) is 0 Å². The molecule has 1 fully saturated rings. The molecule has 0 spiro atoms. The van der Waals surface area contributed by atoms with E-state index in [2.05, 4.69) is 0 Å². The summed E-state index contributed by atoms with van der Waals surface area (Å²) in [5.74, 6) is 0.104. The van der Waals surface area contributed by atoms with Crippen molar-refractivity contribution < 1.29 is 23.8 Å². The number of carbonyl (C=O) groups excluding carboxylic acids is 2. The number of carbonyl (C=O) groups is 2. The highest BCUT2D eigenvalue weighted by molar-refractivity contribution is 5.85. The molecule has 5 nitrogen and oxygen atoms in total. The topological polar surface area (TPSA) is 61.8 Å². The van der Waals surface area contributed by atoms with Crippen molar-refractivity contribution in [1.82, 2.24) is 0 Å². The van der Waals surface area contributed by atoms with Crippen molar-refractivity contribution in [3.05, 3.63) is 29.8 Å². The van der Waals surface area contributed by atoms with Crippen LogP contribution in [-0.4, -0.2) is 25.7 Å². The van der Waals surface area contributed by atoms with Crippen LogP contribution in [0.3, 0.4) is 0 Å². The van der Waals surface area contributed by atoms with Crippen LogP contribution in [0.2, 0.25) is 0 Å². The average molecular weight is 292 g/mol. The highest BCUT2D eigenvalue weighted by atomic mass is 16.5. The quantitative estimate of drug-likeness (QED) is 0.722. The van der Waals surface area contributed by atoms with Gasteiger partial charge in [-0.3, -0.25) is 9.59 Å². The molecule has 1 aromatic rings. The third-order valence-corrected chi connectivity index (χ3v) is 3.60. The fourth-order valence-corrected chi connectivity index (χ4v) is 2.10. The Balaban J connectivity index is 1.80. The van der Waals surface area contributed by atoms with E-state index in [1.807, 2.05) is 24.3 Å². The van der Waals surface area contributed by atoms with Crippen LogP contribution in [0.15, 0.2) is 24.3 Å². The summed E-state index contributed by atoms with van der Waals surface area (Å²) < 4.78 is 15.3. The van der Waals surface area contributed by atoms with Gasteiger partial charge < -0.3 is 14.2 Å². The number of hydrogen-bond acceptors (Lipinski definition) is 5.